The van der Waals surface area contributed by atoms with E-state index in [9.17, 15) is 4.79 Å². The molecule has 1 heterocycles. The Morgan fingerprint density at radius 2 is 1.89 bits per heavy atom. The van der Waals surface area contributed by atoms with Gasteiger partial charge in [0, 0.05) is 19.0 Å². The molecule has 0 unspecified atom stereocenters. The van der Waals surface area contributed by atoms with Crippen LogP contribution < -0.4 is 10.1 Å². The minimum absolute atomic E-state index is 0.0965. The van der Waals surface area contributed by atoms with Crippen LogP contribution in [0.5, 0.6) is 5.75 Å². The summed E-state index contributed by atoms with van der Waals surface area (Å²) >= 11 is 1.47. The van der Waals surface area contributed by atoms with Crippen LogP contribution in [-0.2, 0) is 17.8 Å². The van der Waals surface area contributed by atoms with Gasteiger partial charge in [-0.25, -0.2) is 0 Å². The summed E-state index contributed by atoms with van der Waals surface area (Å²) in [6.45, 7) is 2.86. The molecule has 1 fully saturated rings. The zero-order valence-corrected chi connectivity index (χ0v) is 17.6. The normalized spacial score (nSPS) is 15.2. The standard InChI is InChI=1S/C21H30N4O2S/c1-3-25-19(14-16-10-12-18(27-2)13-11-16)23-24-21(25)28-15-20(26)22-17-8-6-4-5-7-9-17/h10-13,17H,3-9,14-15H2,1-2H3,(H,22,26). The number of rotatable bonds is 8. The van der Waals surface area contributed by atoms with Crippen LogP contribution in [0, 0.1) is 0 Å². The zero-order chi connectivity index (χ0) is 19.8. The van der Waals surface area contributed by atoms with E-state index >= 15 is 0 Å². The number of hydrogen-bond acceptors (Lipinski definition) is 5. The summed E-state index contributed by atoms with van der Waals surface area (Å²) in [6.07, 6.45) is 7.93. The van der Waals surface area contributed by atoms with Gasteiger partial charge in [0.05, 0.1) is 12.9 Å². The molecule has 1 N–H and O–H groups in total. The monoisotopic (exact) mass is 402 g/mol. The largest absolute Gasteiger partial charge is 0.497 e. The number of hydrogen-bond donors (Lipinski definition) is 1. The molecule has 6 nitrogen and oxygen atoms in total. The maximum atomic E-state index is 12.4. The fourth-order valence-corrected chi connectivity index (χ4v) is 4.46. The molecule has 2 aromatic rings. The Morgan fingerprint density at radius 1 is 1.18 bits per heavy atom. The molecule has 0 radical (unpaired) electrons. The van der Waals surface area contributed by atoms with Crippen molar-refractivity contribution in [3.63, 3.8) is 0 Å². The molecule has 0 saturated heterocycles. The van der Waals surface area contributed by atoms with Crippen molar-refractivity contribution in [1.29, 1.82) is 0 Å². The van der Waals surface area contributed by atoms with E-state index in [4.69, 9.17) is 4.74 Å². The first-order valence-electron chi connectivity index (χ1n) is 10.2. The topological polar surface area (TPSA) is 69.0 Å². The highest BCUT2D eigenvalue weighted by Gasteiger charge is 2.17. The Bertz CT molecular complexity index is 752. The molecule has 0 atom stereocenters. The fraction of sp³-hybridized carbons (Fsp3) is 0.571. The highest BCUT2D eigenvalue weighted by molar-refractivity contribution is 7.99. The lowest BCUT2D eigenvalue weighted by Crippen LogP contribution is -2.35. The van der Waals surface area contributed by atoms with E-state index in [-0.39, 0.29) is 5.91 Å². The van der Waals surface area contributed by atoms with Crippen LogP contribution in [-0.4, -0.2) is 39.6 Å². The van der Waals surface area contributed by atoms with Crippen LogP contribution in [0.3, 0.4) is 0 Å². The number of carbonyl (C=O) groups excluding carboxylic acids is 1. The van der Waals surface area contributed by atoms with Gasteiger partial charge < -0.3 is 14.6 Å². The maximum Gasteiger partial charge on any atom is 0.230 e. The highest BCUT2D eigenvalue weighted by atomic mass is 32.2. The van der Waals surface area contributed by atoms with E-state index in [2.05, 4.69) is 27.0 Å². The molecule has 1 saturated carbocycles. The average Bonchev–Trinajstić information content (AvgIpc) is 2.91. The third-order valence-corrected chi connectivity index (χ3v) is 6.15. The molecule has 1 aliphatic carbocycles. The average molecular weight is 403 g/mol. The van der Waals surface area contributed by atoms with Crippen molar-refractivity contribution in [3.05, 3.63) is 35.7 Å². The van der Waals surface area contributed by atoms with Crippen molar-refractivity contribution in [1.82, 2.24) is 20.1 Å². The van der Waals surface area contributed by atoms with Crippen LogP contribution in [0.4, 0.5) is 0 Å². The zero-order valence-electron chi connectivity index (χ0n) is 16.8. The molecule has 1 aromatic carbocycles. The Labute approximate surface area is 171 Å². The summed E-state index contributed by atoms with van der Waals surface area (Å²) in [5.41, 5.74) is 1.16. The van der Waals surface area contributed by atoms with Crippen LogP contribution >= 0.6 is 11.8 Å². The van der Waals surface area contributed by atoms with Crippen LogP contribution in [0.1, 0.15) is 56.8 Å². The summed E-state index contributed by atoms with van der Waals surface area (Å²) < 4.78 is 7.30. The van der Waals surface area contributed by atoms with Crippen molar-refractivity contribution in [2.24, 2.45) is 0 Å². The quantitative estimate of drug-likeness (QED) is 0.537. The lowest BCUT2D eigenvalue weighted by atomic mass is 10.1. The number of benzene rings is 1. The van der Waals surface area contributed by atoms with E-state index in [0.717, 1.165) is 41.7 Å². The van der Waals surface area contributed by atoms with Gasteiger partial charge in [-0.1, -0.05) is 49.6 Å². The van der Waals surface area contributed by atoms with Crippen molar-refractivity contribution in [2.75, 3.05) is 12.9 Å². The van der Waals surface area contributed by atoms with Gasteiger partial charge in [-0.3, -0.25) is 4.79 Å². The molecule has 1 aromatic heterocycles. The smallest absolute Gasteiger partial charge is 0.230 e. The third-order valence-electron chi connectivity index (χ3n) is 5.18. The predicted octanol–water partition coefficient (Wildman–Crippen LogP) is 3.83. The second kappa shape index (κ2) is 10.5. The Morgan fingerprint density at radius 3 is 2.54 bits per heavy atom. The van der Waals surface area contributed by atoms with Gasteiger partial charge in [0.1, 0.15) is 11.6 Å². The molecule has 1 amide bonds. The van der Waals surface area contributed by atoms with Crippen LogP contribution in [0.15, 0.2) is 29.4 Å². The number of thioether (sulfide) groups is 1. The molecule has 0 spiro atoms. The van der Waals surface area contributed by atoms with E-state index in [1.54, 1.807) is 7.11 Å². The SMILES string of the molecule is CCn1c(Cc2ccc(OC)cc2)nnc1SCC(=O)NC1CCCCCC1. The van der Waals surface area contributed by atoms with Gasteiger partial charge in [-0.2, -0.15) is 0 Å². The molecular formula is C21H30N4O2S. The number of ether oxygens (including phenoxy) is 1. The second-order valence-electron chi connectivity index (χ2n) is 7.21. The van der Waals surface area contributed by atoms with Crippen molar-refractivity contribution in [3.8, 4) is 5.75 Å². The molecule has 7 heteroatoms. The number of aromatic nitrogens is 3. The molecule has 28 heavy (non-hydrogen) atoms. The first-order valence-corrected chi connectivity index (χ1v) is 11.1. The third kappa shape index (κ3) is 5.74. The van der Waals surface area contributed by atoms with Crippen molar-refractivity contribution >= 4 is 17.7 Å². The van der Waals surface area contributed by atoms with E-state index in [0.29, 0.717) is 18.2 Å². The van der Waals surface area contributed by atoms with Gasteiger partial charge in [-0.15, -0.1) is 10.2 Å². The lowest BCUT2D eigenvalue weighted by Gasteiger charge is -2.16. The van der Waals surface area contributed by atoms with Crippen LogP contribution in [0.25, 0.3) is 0 Å². The van der Waals surface area contributed by atoms with E-state index in [1.165, 1.54) is 37.4 Å². The molecule has 0 bridgehead atoms. The molecule has 0 aliphatic heterocycles. The van der Waals surface area contributed by atoms with E-state index < -0.39 is 0 Å². The van der Waals surface area contributed by atoms with Gasteiger partial charge in [0.15, 0.2) is 5.16 Å². The summed E-state index contributed by atoms with van der Waals surface area (Å²) in [6, 6.07) is 8.33. The Balaban J connectivity index is 1.55. The molecular weight excluding hydrogens is 372 g/mol. The minimum Gasteiger partial charge on any atom is -0.497 e. The molecule has 3 rings (SSSR count). The number of amides is 1. The summed E-state index contributed by atoms with van der Waals surface area (Å²) in [5.74, 6) is 2.24. The van der Waals surface area contributed by atoms with Gasteiger partial charge in [0.25, 0.3) is 0 Å². The minimum atomic E-state index is 0.0965. The Kier molecular flexibility index (Phi) is 7.77. The Hall–Kier alpha value is -2.02. The predicted molar refractivity (Wildman–Crippen MR) is 112 cm³/mol. The highest BCUT2D eigenvalue weighted by Crippen LogP contribution is 2.21. The number of nitrogens with one attached hydrogen (secondary N) is 1. The number of carbonyl (C=O) groups is 1. The second-order valence-corrected chi connectivity index (χ2v) is 8.16. The van der Waals surface area contributed by atoms with Gasteiger partial charge in [0.2, 0.25) is 5.91 Å². The van der Waals surface area contributed by atoms with E-state index in [1.807, 2.05) is 24.3 Å². The number of nitrogens with zero attached hydrogens (tertiary/aromatic N) is 3. The molecule has 1 aliphatic rings. The number of methoxy groups -OCH3 is 1. The first kappa shape index (κ1) is 20.7. The van der Waals surface area contributed by atoms with Crippen molar-refractivity contribution in [2.45, 2.75) is 69.6 Å². The summed E-state index contributed by atoms with van der Waals surface area (Å²) in [5, 5.41) is 12.7. The lowest BCUT2D eigenvalue weighted by molar-refractivity contribution is -0.119. The first-order chi connectivity index (χ1) is 13.7. The van der Waals surface area contributed by atoms with Crippen molar-refractivity contribution < 1.29 is 9.53 Å². The fourth-order valence-electron chi connectivity index (χ4n) is 3.62. The van der Waals surface area contributed by atoms with Gasteiger partial charge in [-0.05, 0) is 37.5 Å². The summed E-state index contributed by atoms with van der Waals surface area (Å²) in [4.78, 5) is 12.4. The molecule has 152 valence electrons. The summed E-state index contributed by atoms with van der Waals surface area (Å²) in [7, 11) is 1.66. The maximum absolute atomic E-state index is 12.4. The van der Waals surface area contributed by atoms with Crippen LogP contribution in [0.2, 0.25) is 0 Å². The van der Waals surface area contributed by atoms with Gasteiger partial charge >= 0.3 is 0 Å².